The van der Waals surface area contributed by atoms with E-state index in [2.05, 4.69) is 9.97 Å². The van der Waals surface area contributed by atoms with Crippen molar-refractivity contribution in [3.63, 3.8) is 0 Å². The molecule has 2 fully saturated rings. The van der Waals surface area contributed by atoms with Crippen LogP contribution in [0.25, 0.3) is 11.0 Å². The predicted molar refractivity (Wildman–Crippen MR) is 94.2 cm³/mol. The summed E-state index contributed by atoms with van der Waals surface area (Å²) < 4.78 is 13.3. The van der Waals surface area contributed by atoms with Gasteiger partial charge in [-0.15, -0.1) is 0 Å². The predicted octanol–water partition coefficient (Wildman–Crippen LogP) is 1.78. The third kappa shape index (κ3) is 3.11. The first-order valence-electron chi connectivity index (χ1n) is 8.94. The van der Waals surface area contributed by atoms with Gasteiger partial charge in [-0.05, 0) is 31.0 Å². The van der Waals surface area contributed by atoms with E-state index >= 15 is 0 Å². The third-order valence-corrected chi connectivity index (χ3v) is 5.33. The molecular formula is C18H22FN5O2. The normalized spacial score (nSPS) is 19.0. The molecule has 3 amide bonds. The highest BCUT2D eigenvalue weighted by atomic mass is 19.1. The van der Waals surface area contributed by atoms with Crippen molar-refractivity contribution in [1.82, 2.24) is 24.7 Å². The Kier molecular flexibility index (Phi) is 4.26. The molecule has 0 aliphatic carbocycles. The van der Waals surface area contributed by atoms with Crippen LogP contribution in [0.3, 0.4) is 0 Å². The summed E-state index contributed by atoms with van der Waals surface area (Å²) in [5.74, 6) is 0.803. The first-order valence-corrected chi connectivity index (χ1v) is 8.94. The molecule has 2 aliphatic rings. The number of amides is 3. The quantitative estimate of drug-likeness (QED) is 0.908. The van der Waals surface area contributed by atoms with E-state index in [4.69, 9.17) is 0 Å². The summed E-state index contributed by atoms with van der Waals surface area (Å²) in [7, 11) is 1.75. The number of fused-ring (bicyclic) bond motifs is 1. The summed E-state index contributed by atoms with van der Waals surface area (Å²) in [5, 5.41) is 0. The van der Waals surface area contributed by atoms with Crippen LogP contribution in [0.4, 0.5) is 9.18 Å². The minimum absolute atomic E-state index is 0.00113. The Labute approximate surface area is 150 Å². The zero-order chi connectivity index (χ0) is 18.3. The van der Waals surface area contributed by atoms with Gasteiger partial charge in [0.1, 0.15) is 18.2 Å². The number of piperidine rings is 1. The van der Waals surface area contributed by atoms with Gasteiger partial charge in [0.15, 0.2) is 0 Å². The van der Waals surface area contributed by atoms with Gasteiger partial charge in [-0.3, -0.25) is 4.79 Å². The van der Waals surface area contributed by atoms with Gasteiger partial charge < -0.3 is 19.7 Å². The van der Waals surface area contributed by atoms with Crippen molar-refractivity contribution in [1.29, 1.82) is 0 Å². The van der Waals surface area contributed by atoms with Crippen LogP contribution in [-0.2, 0) is 4.79 Å². The molecule has 1 aromatic heterocycles. The lowest BCUT2D eigenvalue weighted by Crippen LogP contribution is -2.44. The molecule has 0 unspecified atom stereocenters. The number of hydrogen-bond acceptors (Lipinski definition) is 3. The van der Waals surface area contributed by atoms with Gasteiger partial charge in [0.25, 0.3) is 0 Å². The molecule has 0 saturated carbocycles. The lowest BCUT2D eigenvalue weighted by atomic mass is 9.96. The molecule has 0 atom stereocenters. The number of hydrogen-bond donors (Lipinski definition) is 1. The molecule has 2 aromatic rings. The molecule has 1 aromatic carbocycles. The summed E-state index contributed by atoms with van der Waals surface area (Å²) in [6, 6.07) is 4.45. The molecule has 0 spiro atoms. The summed E-state index contributed by atoms with van der Waals surface area (Å²) >= 11 is 0. The Morgan fingerprint density at radius 2 is 2.04 bits per heavy atom. The number of aromatic amines is 1. The third-order valence-electron chi connectivity index (χ3n) is 5.33. The Hall–Kier alpha value is -2.64. The lowest BCUT2D eigenvalue weighted by molar-refractivity contribution is -0.132. The van der Waals surface area contributed by atoms with Crippen LogP contribution in [0.2, 0.25) is 0 Å². The Morgan fingerprint density at radius 3 is 2.73 bits per heavy atom. The second kappa shape index (κ2) is 6.59. The van der Waals surface area contributed by atoms with Crippen LogP contribution in [-0.4, -0.2) is 76.4 Å². The number of likely N-dealkylation sites (N-methyl/N-ethyl adjacent to an activating group) is 1. The molecule has 138 valence electrons. The van der Waals surface area contributed by atoms with Crippen molar-refractivity contribution >= 4 is 23.0 Å². The SMILES string of the molecule is CN1CCN(CC(=O)N2CCC(c3nc4ccc(F)cc4[nH]3)CC2)C1=O. The van der Waals surface area contributed by atoms with E-state index in [0.717, 1.165) is 24.2 Å². The van der Waals surface area contributed by atoms with Crippen LogP contribution < -0.4 is 0 Å². The maximum atomic E-state index is 13.3. The number of aromatic nitrogens is 2. The van der Waals surface area contributed by atoms with Gasteiger partial charge in [0.05, 0.1) is 11.0 Å². The molecule has 3 heterocycles. The lowest BCUT2D eigenvalue weighted by Gasteiger charge is -2.32. The average Bonchev–Trinajstić information content (AvgIpc) is 3.20. The number of carbonyl (C=O) groups excluding carboxylic acids is 2. The molecule has 26 heavy (non-hydrogen) atoms. The zero-order valence-electron chi connectivity index (χ0n) is 14.7. The van der Waals surface area contributed by atoms with E-state index in [0.29, 0.717) is 31.7 Å². The Bertz CT molecular complexity index is 843. The van der Waals surface area contributed by atoms with Crippen molar-refractivity contribution in [3.8, 4) is 0 Å². The van der Waals surface area contributed by atoms with Gasteiger partial charge in [-0.1, -0.05) is 0 Å². The van der Waals surface area contributed by atoms with Gasteiger partial charge in [-0.25, -0.2) is 14.2 Å². The molecule has 1 N–H and O–H groups in total. The summed E-state index contributed by atoms with van der Waals surface area (Å²) in [5.41, 5.74) is 1.46. The van der Waals surface area contributed by atoms with Crippen LogP contribution in [0.15, 0.2) is 18.2 Å². The van der Waals surface area contributed by atoms with Crippen LogP contribution in [0.1, 0.15) is 24.6 Å². The summed E-state index contributed by atoms with van der Waals surface area (Å²) in [6.07, 6.45) is 1.61. The molecule has 7 nitrogen and oxygen atoms in total. The van der Waals surface area contributed by atoms with Gasteiger partial charge in [-0.2, -0.15) is 0 Å². The number of likely N-dealkylation sites (tertiary alicyclic amines) is 1. The summed E-state index contributed by atoms with van der Waals surface area (Å²) in [4.78, 5) is 37.2. The van der Waals surface area contributed by atoms with Crippen molar-refractivity contribution in [3.05, 3.63) is 29.8 Å². The van der Waals surface area contributed by atoms with Crippen molar-refractivity contribution in [2.24, 2.45) is 0 Å². The number of nitrogens with one attached hydrogen (secondary N) is 1. The highest BCUT2D eigenvalue weighted by Crippen LogP contribution is 2.28. The van der Waals surface area contributed by atoms with Crippen molar-refractivity contribution < 1.29 is 14.0 Å². The minimum Gasteiger partial charge on any atom is -0.342 e. The molecule has 8 heteroatoms. The number of benzene rings is 1. The van der Waals surface area contributed by atoms with E-state index < -0.39 is 0 Å². The van der Waals surface area contributed by atoms with E-state index in [-0.39, 0.29) is 30.2 Å². The van der Waals surface area contributed by atoms with Gasteiger partial charge in [0.2, 0.25) is 5.91 Å². The molecule has 0 bridgehead atoms. The van der Waals surface area contributed by atoms with Crippen LogP contribution in [0.5, 0.6) is 0 Å². The number of carbonyl (C=O) groups is 2. The topological polar surface area (TPSA) is 72.5 Å². The number of imidazole rings is 1. The fraction of sp³-hybridized carbons (Fsp3) is 0.500. The first kappa shape index (κ1) is 16.8. The number of halogens is 1. The number of H-pyrrole nitrogens is 1. The highest BCUT2D eigenvalue weighted by molar-refractivity contribution is 5.85. The largest absolute Gasteiger partial charge is 0.342 e. The molecule has 0 radical (unpaired) electrons. The highest BCUT2D eigenvalue weighted by Gasteiger charge is 2.31. The molecule has 4 rings (SSSR count). The van der Waals surface area contributed by atoms with E-state index in [9.17, 15) is 14.0 Å². The number of nitrogens with zero attached hydrogens (tertiary/aromatic N) is 4. The monoisotopic (exact) mass is 359 g/mol. The molecule has 2 saturated heterocycles. The maximum absolute atomic E-state index is 13.3. The van der Waals surface area contributed by atoms with E-state index in [1.54, 1.807) is 22.9 Å². The smallest absolute Gasteiger partial charge is 0.320 e. The fourth-order valence-corrected chi connectivity index (χ4v) is 3.71. The first-order chi connectivity index (χ1) is 12.5. The van der Waals surface area contributed by atoms with E-state index in [1.807, 2.05) is 4.90 Å². The number of urea groups is 1. The average molecular weight is 359 g/mol. The van der Waals surface area contributed by atoms with Crippen molar-refractivity contribution in [2.45, 2.75) is 18.8 Å². The van der Waals surface area contributed by atoms with Gasteiger partial charge >= 0.3 is 6.03 Å². The second-order valence-electron chi connectivity index (χ2n) is 7.06. The van der Waals surface area contributed by atoms with E-state index in [1.165, 1.54) is 12.1 Å². The number of rotatable bonds is 3. The molecule has 2 aliphatic heterocycles. The summed E-state index contributed by atoms with van der Waals surface area (Å²) in [6.45, 7) is 2.71. The molecular weight excluding hydrogens is 337 g/mol. The second-order valence-corrected chi connectivity index (χ2v) is 7.06. The Morgan fingerprint density at radius 1 is 1.27 bits per heavy atom. The van der Waals surface area contributed by atoms with Crippen molar-refractivity contribution in [2.75, 3.05) is 39.8 Å². The Balaban J connectivity index is 1.36. The van der Waals surface area contributed by atoms with Gasteiger partial charge in [0, 0.05) is 39.1 Å². The fourth-order valence-electron chi connectivity index (χ4n) is 3.71. The zero-order valence-corrected chi connectivity index (χ0v) is 14.7. The minimum atomic E-state index is -0.282. The maximum Gasteiger partial charge on any atom is 0.320 e. The van der Waals surface area contributed by atoms with Crippen LogP contribution in [0, 0.1) is 5.82 Å². The van der Waals surface area contributed by atoms with Crippen LogP contribution >= 0.6 is 0 Å². The standard InChI is InChI=1S/C18H22FN5O2/c1-22-8-9-24(18(22)26)11-16(25)23-6-4-12(5-7-23)17-20-14-3-2-13(19)10-15(14)21-17/h2-3,10,12H,4-9,11H2,1H3,(H,20,21).